The van der Waals surface area contributed by atoms with Crippen LogP contribution in [0.2, 0.25) is 0 Å². The van der Waals surface area contributed by atoms with Crippen LogP contribution in [0.1, 0.15) is 26.7 Å². The van der Waals surface area contributed by atoms with E-state index in [1.807, 2.05) is 0 Å². The third kappa shape index (κ3) is 0.672. The van der Waals surface area contributed by atoms with E-state index in [9.17, 15) is 0 Å². The van der Waals surface area contributed by atoms with Crippen molar-refractivity contribution in [2.24, 2.45) is 17.3 Å². The van der Waals surface area contributed by atoms with Gasteiger partial charge in [0, 0.05) is 13.2 Å². The molecule has 2 atom stereocenters. The Morgan fingerprint density at radius 3 is 1.90 bits per heavy atom. The van der Waals surface area contributed by atoms with Gasteiger partial charge in [0.05, 0.1) is 0 Å². The maximum absolute atomic E-state index is 5.34. The van der Waals surface area contributed by atoms with Crippen molar-refractivity contribution in [2.75, 3.05) is 13.2 Å². The second-order valence-corrected chi connectivity index (χ2v) is 3.92. The van der Waals surface area contributed by atoms with Gasteiger partial charge in [-0.05, 0) is 30.1 Å². The summed E-state index contributed by atoms with van der Waals surface area (Å²) in [6.45, 7) is 6.79. The number of hydrogen-bond acceptors (Lipinski definition) is 1. The molecule has 1 heteroatoms. The van der Waals surface area contributed by atoms with Crippen LogP contribution in [-0.2, 0) is 4.74 Å². The van der Waals surface area contributed by atoms with E-state index in [1.165, 1.54) is 12.8 Å². The monoisotopic (exact) mass is 140 g/mol. The molecule has 0 aromatic rings. The molecule has 10 heavy (non-hydrogen) atoms. The van der Waals surface area contributed by atoms with Crippen LogP contribution in [0.25, 0.3) is 0 Å². The smallest absolute Gasteiger partial charge is 0.0471 e. The average Bonchev–Trinajstić information content (AvgIpc) is 2.45. The van der Waals surface area contributed by atoms with Gasteiger partial charge < -0.3 is 4.74 Å². The fraction of sp³-hybridized carbons (Fsp3) is 1.00. The first-order valence-electron chi connectivity index (χ1n) is 4.35. The van der Waals surface area contributed by atoms with Crippen LogP contribution in [0.5, 0.6) is 0 Å². The first-order valence-corrected chi connectivity index (χ1v) is 4.35. The highest BCUT2D eigenvalue weighted by molar-refractivity contribution is 5.06. The van der Waals surface area contributed by atoms with Gasteiger partial charge in [-0.2, -0.15) is 0 Å². The van der Waals surface area contributed by atoms with E-state index in [1.54, 1.807) is 0 Å². The highest BCUT2D eigenvalue weighted by atomic mass is 16.5. The van der Waals surface area contributed by atoms with Gasteiger partial charge in [0.1, 0.15) is 0 Å². The largest absolute Gasteiger partial charge is 0.381 e. The van der Waals surface area contributed by atoms with Crippen LogP contribution in [0, 0.1) is 17.3 Å². The number of rotatable bonds is 0. The Kier molecular flexibility index (Phi) is 1.31. The molecule has 0 aromatic heterocycles. The minimum absolute atomic E-state index is 0.720. The van der Waals surface area contributed by atoms with Gasteiger partial charge in [-0.25, -0.2) is 0 Å². The molecule has 1 nitrogen and oxygen atoms in total. The van der Waals surface area contributed by atoms with E-state index in [0.717, 1.165) is 30.5 Å². The lowest BCUT2D eigenvalue weighted by molar-refractivity contribution is 0.0489. The zero-order chi connectivity index (χ0) is 7.19. The molecule has 0 aromatic carbocycles. The van der Waals surface area contributed by atoms with Crippen LogP contribution in [0.4, 0.5) is 0 Å². The summed E-state index contributed by atoms with van der Waals surface area (Å²) in [7, 11) is 0. The molecule has 1 saturated carbocycles. The maximum Gasteiger partial charge on any atom is 0.0471 e. The minimum atomic E-state index is 0.720. The lowest BCUT2D eigenvalue weighted by Crippen LogP contribution is -2.19. The third-order valence-electron chi connectivity index (χ3n) is 3.88. The van der Waals surface area contributed by atoms with Gasteiger partial charge in [0.2, 0.25) is 0 Å². The summed E-state index contributed by atoms with van der Waals surface area (Å²) in [6.07, 6.45) is 2.63. The predicted molar refractivity (Wildman–Crippen MR) is 40.8 cm³/mol. The molecule has 2 aliphatic rings. The first-order chi connectivity index (χ1) is 4.77. The van der Waals surface area contributed by atoms with Gasteiger partial charge in [-0.3, -0.25) is 0 Å². The van der Waals surface area contributed by atoms with Crippen molar-refractivity contribution in [1.29, 1.82) is 0 Å². The van der Waals surface area contributed by atoms with E-state index in [-0.39, 0.29) is 0 Å². The highest BCUT2D eigenvalue weighted by Crippen LogP contribution is 2.63. The molecule has 1 spiro atoms. The van der Waals surface area contributed by atoms with Crippen molar-refractivity contribution < 1.29 is 4.74 Å². The summed E-state index contributed by atoms with van der Waals surface area (Å²) in [5.41, 5.74) is 0.720. The number of ether oxygens (including phenoxy) is 1. The van der Waals surface area contributed by atoms with Crippen LogP contribution < -0.4 is 0 Å². The standard InChI is InChI=1S/C9H16O/c1-7-8(2)9(7)3-5-10-6-4-9/h7-8H,3-6H2,1-2H3. The lowest BCUT2D eigenvalue weighted by Gasteiger charge is -2.22. The molecular formula is C9H16O. The van der Waals surface area contributed by atoms with Crippen molar-refractivity contribution in [1.82, 2.24) is 0 Å². The maximum atomic E-state index is 5.34. The molecule has 0 radical (unpaired) electrons. The Bertz CT molecular complexity index is 126. The Hall–Kier alpha value is -0.0400. The van der Waals surface area contributed by atoms with Crippen molar-refractivity contribution in [3.05, 3.63) is 0 Å². The molecule has 0 amide bonds. The Morgan fingerprint density at radius 2 is 1.60 bits per heavy atom. The molecule has 2 rings (SSSR count). The SMILES string of the molecule is CC1C(C)C12CCOCC2. The second-order valence-electron chi connectivity index (χ2n) is 3.92. The molecule has 0 bridgehead atoms. The van der Waals surface area contributed by atoms with Gasteiger partial charge in [0.15, 0.2) is 0 Å². The van der Waals surface area contributed by atoms with Crippen LogP contribution >= 0.6 is 0 Å². The molecular weight excluding hydrogens is 124 g/mol. The quantitative estimate of drug-likeness (QED) is 0.500. The summed E-state index contributed by atoms with van der Waals surface area (Å²) < 4.78 is 5.34. The van der Waals surface area contributed by atoms with Gasteiger partial charge in [-0.1, -0.05) is 13.8 Å². The normalized spacial score (nSPS) is 43.8. The molecule has 1 saturated heterocycles. The van der Waals surface area contributed by atoms with E-state index < -0.39 is 0 Å². The lowest BCUT2D eigenvalue weighted by atomic mass is 9.93. The van der Waals surface area contributed by atoms with E-state index in [2.05, 4.69) is 13.8 Å². The van der Waals surface area contributed by atoms with E-state index in [0.29, 0.717) is 0 Å². The fourth-order valence-electron chi connectivity index (χ4n) is 2.61. The van der Waals surface area contributed by atoms with Gasteiger partial charge >= 0.3 is 0 Å². The van der Waals surface area contributed by atoms with E-state index in [4.69, 9.17) is 4.74 Å². The van der Waals surface area contributed by atoms with E-state index >= 15 is 0 Å². The van der Waals surface area contributed by atoms with Crippen molar-refractivity contribution in [2.45, 2.75) is 26.7 Å². The molecule has 2 unspecified atom stereocenters. The van der Waals surface area contributed by atoms with Crippen LogP contribution in [-0.4, -0.2) is 13.2 Å². The predicted octanol–water partition coefficient (Wildman–Crippen LogP) is 2.07. The third-order valence-corrected chi connectivity index (χ3v) is 3.88. The fourth-order valence-corrected chi connectivity index (χ4v) is 2.61. The van der Waals surface area contributed by atoms with Crippen molar-refractivity contribution in [3.8, 4) is 0 Å². The van der Waals surface area contributed by atoms with Crippen LogP contribution in [0.3, 0.4) is 0 Å². The van der Waals surface area contributed by atoms with Gasteiger partial charge in [0.25, 0.3) is 0 Å². The summed E-state index contributed by atoms with van der Waals surface area (Å²) in [4.78, 5) is 0. The molecule has 2 fully saturated rings. The zero-order valence-corrected chi connectivity index (χ0v) is 6.89. The Balaban J connectivity index is 2.03. The molecule has 1 aliphatic heterocycles. The Labute approximate surface area is 62.8 Å². The average molecular weight is 140 g/mol. The van der Waals surface area contributed by atoms with Gasteiger partial charge in [-0.15, -0.1) is 0 Å². The second kappa shape index (κ2) is 1.97. The summed E-state index contributed by atoms with van der Waals surface area (Å²) in [6, 6.07) is 0. The Morgan fingerprint density at radius 1 is 1.10 bits per heavy atom. The number of hydrogen-bond donors (Lipinski definition) is 0. The molecule has 0 N–H and O–H groups in total. The molecule has 1 heterocycles. The van der Waals surface area contributed by atoms with Crippen LogP contribution in [0.15, 0.2) is 0 Å². The van der Waals surface area contributed by atoms with Crippen molar-refractivity contribution >= 4 is 0 Å². The highest BCUT2D eigenvalue weighted by Gasteiger charge is 2.58. The minimum Gasteiger partial charge on any atom is -0.381 e. The molecule has 1 aliphatic carbocycles. The van der Waals surface area contributed by atoms with Crippen molar-refractivity contribution in [3.63, 3.8) is 0 Å². The summed E-state index contributed by atoms with van der Waals surface area (Å²) in [5.74, 6) is 1.94. The first kappa shape index (κ1) is 6.66. The summed E-state index contributed by atoms with van der Waals surface area (Å²) in [5, 5.41) is 0. The topological polar surface area (TPSA) is 9.23 Å². The summed E-state index contributed by atoms with van der Waals surface area (Å²) >= 11 is 0. The zero-order valence-electron chi connectivity index (χ0n) is 6.89. The molecule has 58 valence electrons.